The number of amides is 3. The molecule has 0 radical (unpaired) electrons. The van der Waals surface area contributed by atoms with Crippen LogP contribution in [-0.2, 0) is 79.9 Å². The number of ketones is 4. The SMILES string of the molecule is COc1ccc(C[C@H](CC(=O)[C@@]2(C)CCC(=O)N2)C(=O)N[C@@H](Cc2ccccc2)C(=O)[C@@]2(C)CO2)cc1.COc1ccc(C[C@H](N)C(=O)N[C@@H](Cc2ccccc2)C(=O)[C@@]2(C)CO2)cc1.C[C@]1(C(=O)[C@@H](N)Cc2ccccc2)CO1. The number of rotatable bonds is 25. The predicted octanol–water partition coefficient (Wildman–Crippen LogP) is 5.13. The van der Waals surface area contributed by atoms with Crippen molar-refractivity contribution in [1.82, 2.24) is 16.0 Å². The monoisotopic (exact) mass is 1090 g/mol. The van der Waals surface area contributed by atoms with Gasteiger partial charge in [-0.05, 0) is 118 Å². The van der Waals surface area contributed by atoms with Crippen molar-refractivity contribution in [2.24, 2.45) is 17.4 Å². The Hall–Kier alpha value is -7.41. The van der Waals surface area contributed by atoms with Crippen molar-refractivity contribution in [2.75, 3.05) is 34.0 Å². The van der Waals surface area contributed by atoms with Gasteiger partial charge in [0.25, 0.3) is 0 Å². The lowest BCUT2D eigenvalue weighted by molar-refractivity contribution is -0.135. The van der Waals surface area contributed by atoms with Gasteiger partial charge >= 0.3 is 0 Å². The van der Waals surface area contributed by atoms with Crippen LogP contribution < -0.4 is 36.9 Å². The molecule has 4 fully saturated rings. The van der Waals surface area contributed by atoms with E-state index in [9.17, 15) is 33.6 Å². The molecule has 0 bridgehead atoms. The number of hydrogen-bond acceptors (Lipinski definition) is 14. The van der Waals surface area contributed by atoms with Gasteiger partial charge in [0.2, 0.25) is 17.7 Å². The summed E-state index contributed by atoms with van der Waals surface area (Å²) in [5.41, 5.74) is 13.4. The zero-order valence-corrected chi connectivity index (χ0v) is 46.5. The zero-order chi connectivity index (χ0) is 57.7. The van der Waals surface area contributed by atoms with E-state index in [0.29, 0.717) is 64.1 Å². The molecule has 80 heavy (non-hydrogen) atoms. The second-order valence-corrected chi connectivity index (χ2v) is 21.9. The second-order valence-electron chi connectivity index (χ2n) is 21.9. The number of methoxy groups -OCH3 is 2. The van der Waals surface area contributed by atoms with Gasteiger partial charge in [-0.25, -0.2) is 0 Å². The van der Waals surface area contributed by atoms with Crippen LogP contribution in [0.4, 0.5) is 0 Å². The summed E-state index contributed by atoms with van der Waals surface area (Å²) in [6.07, 6.45) is 2.59. The first kappa shape index (κ1) is 60.2. The Morgan fingerprint density at radius 1 is 0.512 bits per heavy atom. The summed E-state index contributed by atoms with van der Waals surface area (Å²) in [7, 11) is 3.18. The van der Waals surface area contributed by atoms with Gasteiger partial charge in [0.05, 0.1) is 63.7 Å². The smallest absolute Gasteiger partial charge is 0.237 e. The molecule has 4 saturated heterocycles. The van der Waals surface area contributed by atoms with E-state index in [1.165, 1.54) is 0 Å². The molecular weight excluding hydrogens is 1020 g/mol. The quantitative estimate of drug-likeness (QED) is 0.0475. The molecule has 7 N–H and O–H groups in total. The molecule has 4 aliphatic heterocycles. The van der Waals surface area contributed by atoms with Gasteiger partial charge in [0.1, 0.15) is 28.3 Å². The van der Waals surface area contributed by atoms with Crippen LogP contribution in [0.1, 0.15) is 74.8 Å². The lowest BCUT2D eigenvalue weighted by Gasteiger charge is -2.27. The molecule has 3 amide bonds. The van der Waals surface area contributed by atoms with E-state index in [0.717, 1.165) is 33.6 Å². The molecule has 4 aliphatic rings. The Labute approximate surface area is 468 Å². The number of epoxide rings is 3. The van der Waals surface area contributed by atoms with Gasteiger partial charge < -0.3 is 51.1 Å². The Kier molecular flexibility index (Phi) is 20.1. The Bertz CT molecular complexity index is 2930. The highest BCUT2D eigenvalue weighted by atomic mass is 16.6. The Morgan fingerprint density at radius 3 is 1.26 bits per heavy atom. The van der Waals surface area contributed by atoms with E-state index >= 15 is 0 Å². The normalized spacial score (nSPS) is 23.0. The Morgan fingerprint density at radius 2 is 0.875 bits per heavy atom. The molecule has 4 heterocycles. The van der Waals surface area contributed by atoms with E-state index in [-0.39, 0.29) is 53.7 Å². The summed E-state index contributed by atoms with van der Waals surface area (Å²) in [5.74, 6) is -0.698. The van der Waals surface area contributed by atoms with E-state index in [1.807, 2.05) is 127 Å². The highest BCUT2D eigenvalue weighted by Crippen LogP contribution is 2.32. The molecule has 5 aromatic carbocycles. The van der Waals surface area contributed by atoms with Crippen molar-refractivity contribution in [2.45, 2.75) is 126 Å². The molecule has 5 aromatic rings. The number of carbonyl (C=O) groups is 7. The van der Waals surface area contributed by atoms with Crippen molar-refractivity contribution in [3.8, 4) is 11.5 Å². The minimum absolute atomic E-state index is 0.00588. The van der Waals surface area contributed by atoms with Crippen LogP contribution in [0.3, 0.4) is 0 Å². The van der Waals surface area contributed by atoms with E-state index in [1.54, 1.807) is 54.0 Å². The van der Waals surface area contributed by atoms with Gasteiger partial charge in [0, 0.05) is 18.8 Å². The van der Waals surface area contributed by atoms with Crippen LogP contribution in [0.25, 0.3) is 0 Å². The number of benzene rings is 5. The van der Waals surface area contributed by atoms with Crippen molar-refractivity contribution in [3.63, 3.8) is 0 Å². The number of nitrogens with one attached hydrogen (secondary N) is 3. The maximum absolute atomic E-state index is 13.7. The predicted molar refractivity (Wildman–Crippen MR) is 301 cm³/mol. The first-order valence-corrected chi connectivity index (χ1v) is 27.0. The highest BCUT2D eigenvalue weighted by Gasteiger charge is 2.52. The van der Waals surface area contributed by atoms with Gasteiger partial charge in [-0.15, -0.1) is 0 Å². The van der Waals surface area contributed by atoms with Crippen molar-refractivity contribution < 1.29 is 57.2 Å². The molecule has 0 spiro atoms. The molecule has 0 aromatic heterocycles. The van der Waals surface area contributed by atoms with Gasteiger partial charge in [-0.3, -0.25) is 33.6 Å². The third-order valence-corrected chi connectivity index (χ3v) is 15.0. The van der Waals surface area contributed by atoms with Crippen LogP contribution in [0.2, 0.25) is 0 Å². The van der Waals surface area contributed by atoms with E-state index in [4.69, 9.17) is 35.2 Å². The summed E-state index contributed by atoms with van der Waals surface area (Å²) in [5, 5.41) is 8.54. The number of nitrogens with two attached hydrogens (primary N) is 2. The number of ether oxygens (including phenoxy) is 5. The molecule has 0 aliphatic carbocycles. The fraction of sp³-hybridized carbons (Fsp3) is 0.413. The van der Waals surface area contributed by atoms with Crippen molar-refractivity contribution >= 4 is 40.9 Å². The third kappa shape index (κ3) is 16.8. The summed E-state index contributed by atoms with van der Waals surface area (Å²) < 4.78 is 26.1. The second kappa shape index (κ2) is 26.7. The minimum Gasteiger partial charge on any atom is -0.497 e. The molecule has 9 rings (SSSR count). The average molecular weight is 1090 g/mol. The largest absolute Gasteiger partial charge is 0.497 e. The van der Waals surface area contributed by atoms with Crippen LogP contribution >= 0.6 is 0 Å². The van der Waals surface area contributed by atoms with Crippen LogP contribution in [-0.4, -0.2) is 121 Å². The number of Topliss-reactive ketones (excluding diaryl/α,β-unsaturated/α-hetero) is 4. The van der Waals surface area contributed by atoms with Crippen molar-refractivity contribution in [3.05, 3.63) is 167 Å². The summed E-state index contributed by atoms with van der Waals surface area (Å²) in [6, 6.07) is 40.9. The lowest BCUT2D eigenvalue weighted by atomic mass is 9.84. The molecule has 0 saturated carbocycles. The van der Waals surface area contributed by atoms with Gasteiger partial charge in [-0.2, -0.15) is 0 Å². The van der Waals surface area contributed by atoms with Crippen LogP contribution in [0.15, 0.2) is 140 Å². The highest BCUT2D eigenvalue weighted by molar-refractivity contribution is 6.00. The standard InChI is InChI=1S/C29H34N2O6.C22H26N2O4.C12H15NO2/c1-28(14-13-25(33)31-28)24(32)17-21(15-20-9-11-22(36-3)12-10-20)27(35)30-23(26(34)29(2)18-37-29)16-19-7-5-4-6-8-19;1-22(14-28-22)20(25)19(13-15-6-4-3-5-7-15)24-21(26)18(23)12-16-8-10-17(27-2)11-9-16;1-12(8-15-12)11(14)10(13)7-9-5-3-2-4-6-9/h4-12,21,23H,13-18H2,1-3H3,(H,30,35)(H,31,33);3-11,18-19H,12-14,23H2,1-2H3,(H,24,26);2-6,10H,7-8,13H2,1H3/t21-,23+,28-,29-;18-,19-,22+;10-,12+/m100/s1. The maximum atomic E-state index is 13.7. The fourth-order valence-corrected chi connectivity index (χ4v) is 9.39. The number of hydrogen-bond donors (Lipinski definition) is 5. The summed E-state index contributed by atoms with van der Waals surface area (Å²) >= 11 is 0. The maximum Gasteiger partial charge on any atom is 0.237 e. The molecule has 9 atom stereocenters. The fourth-order valence-electron chi connectivity index (χ4n) is 9.39. The topological polar surface area (TPSA) is 264 Å². The lowest BCUT2D eigenvalue weighted by Crippen LogP contribution is -2.52. The number of carbonyl (C=O) groups excluding carboxylic acids is 7. The van der Waals surface area contributed by atoms with Crippen LogP contribution in [0.5, 0.6) is 11.5 Å². The molecule has 17 nitrogen and oxygen atoms in total. The van der Waals surface area contributed by atoms with Crippen LogP contribution in [0, 0.1) is 5.92 Å². The third-order valence-electron chi connectivity index (χ3n) is 15.0. The molecule has 424 valence electrons. The first-order valence-electron chi connectivity index (χ1n) is 27.0. The average Bonchev–Trinajstić information content (AvgIpc) is 4.48. The summed E-state index contributed by atoms with van der Waals surface area (Å²) in [6.45, 7) is 8.17. The molecule has 0 unspecified atom stereocenters. The first-order chi connectivity index (χ1) is 38.1. The minimum atomic E-state index is -0.996. The van der Waals surface area contributed by atoms with E-state index in [2.05, 4.69) is 16.0 Å². The molecule has 17 heteroatoms. The zero-order valence-electron chi connectivity index (χ0n) is 46.5. The van der Waals surface area contributed by atoms with Gasteiger partial charge in [-0.1, -0.05) is 115 Å². The summed E-state index contributed by atoms with van der Waals surface area (Å²) in [4.78, 5) is 89.3. The van der Waals surface area contributed by atoms with Crippen molar-refractivity contribution in [1.29, 1.82) is 0 Å². The molecular formula is C63H75N5O12. The van der Waals surface area contributed by atoms with Gasteiger partial charge in [0.15, 0.2) is 23.1 Å². The van der Waals surface area contributed by atoms with E-state index < -0.39 is 52.4 Å². The Balaban J connectivity index is 0.000000188.